The van der Waals surface area contributed by atoms with E-state index >= 15 is 0 Å². The maximum absolute atomic E-state index is 3.59. The molecular weight excluding hydrogens is 158 g/mol. The third kappa shape index (κ3) is 2.70. The minimum Gasteiger partial charge on any atom is -0.316 e. The van der Waals surface area contributed by atoms with Gasteiger partial charge in [0.2, 0.25) is 0 Å². The van der Waals surface area contributed by atoms with Gasteiger partial charge in [0.25, 0.3) is 0 Å². The number of hydrogen-bond acceptors (Lipinski definition) is 1. The zero-order valence-corrected chi connectivity index (χ0v) is 9.53. The second-order valence-corrected chi connectivity index (χ2v) is 4.55. The summed E-state index contributed by atoms with van der Waals surface area (Å²) in [6.07, 6.45) is 6.93. The molecule has 0 aromatic carbocycles. The Bertz CT molecular complexity index is 134. The van der Waals surface area contributed by atoms with Crippen LogP contribution in [0.4, 0.5) is 0 Å². The first-order chi connectivity index (χ1) is 6.29. The molecule has 1 aliphatic rings. The van der Waals surface area contributed by atoms with E-state index in [1.165, 1.54) is 45.2 Å². The molecule has 0 aromatic rings. The van der Waals surface area contributed by atoms with Gasteiger partial charge in [0.1, 0.15) is 0 Å². The van der Waals surface area contributed by atoms with E-state index in [1.54, 1.807) is 0 Å². The fraction of sp³-hybridized carbons (Fsp3) is 1.00. The number of rotatable bonds is 7. The zero-order chi connectivity index (χ0) is 9.73. The average molecular weight is 183 g/mol. The molecule has 1 heteroatoms. The molecule has 0 spiro atoms. The first-order valence-electron chi connectivity index (χ1n) is 5.99. The highest BCUT2D eigenvalue weighted by Gasteiger charge is 2.46. The molecule has 1 rings (SSSR count). The second-order valence-electron chi connectivity index (χ2n) is 4.55. The normalized spacial score (nSPS) is 19.4. The van der Waals surface area contributed by atoms with Crippen LogP contribution in [-0.2, 0) is 0 Å². The highest BCUT2D eigenvalue weighted by atomic mass is 14.9. The van der Waals surface area contributed by atoms with Crippen LogP contribution in [0, 0.1) is 11.3 Å². The van der Waals surface area contributed by atoms with Gasteiger partial charge < -0.3 is 5.32 Å². The van der Waals surface area contributed by atoms with Gasteiger partial charge in [0.15, 0.2) is 0 Å². The average Bonchev–Trinajstić information content (AvgIpc) is 2.89. The minimum atomic E-state index is 0.707. The van der Waals surface area contributed by atoms with Crippen molar-refractivity contribution in [3.63, 3.8) is 0 Å². The lowest BCUT2D eigenvalue weighted by Gasteiger charge is -2.25. The second kappa shape index (κ2) is 4.99. The van der Waals surface area contributed by atoms with Gasteiger partial charge in [-0.25, -0.2) is 0 Å². The van der Waals surface area contributed by atoms with E-state index in [4.69, 9.17) is 0 Å². The fourth-order valence-electron chi connectivity index (χ4n) is 2.56. The van der Waals surface area contributed by atoms with Gasteiger partial charge in [-0.3, -0.25) is 0 Å². The summed E-state index contributed by atoms with van der Waals surface area (Å²) >= 11 is 0. The lowest BCUT2D eigenvalue weighted by Crippen LogP contribution is -2.29. The highest BCUT2D eigenvalue weighted by Crippen LogP contribution is 2.53. The Morgan fingerprint density at radius 2 is 1.77 bits per heavy atom. The monoisotopic (exact) mass is 183 g/mol. The largest absolute Gasteiger partial charge is 0.316 e. The quantitative estimate of drug-likeness (QED) is 0.598. The summed E-state index contributed by atoms with van der Waals surface area (Å²) in [7, 11) is 0. The summed E-state index contributed by atoms with van der Waals surface area (Å²) in [4.78, 5) is 0. The molecule has 0 bridgehead atoms. The number of nitrogens with one attached hydrogen (secondary N) is 1. The molecule has 1 fully saturated rings. The highest BCUT2D eigenvalue weighted by molar-refractivity contribution is 4.99. The Morgan fingerprint density at radius 1 is 1.15 bits per heavy atom. The van der Waals surface area contributed by atoms with Crippen LogP contribution in [0.3, 0.4) is 0 Å². The van der Waals surface area contributed by atoms with Crippen molar-refractivity contribution in [1.82, 2.24) is 5.32 Å². The van der Waals surface area contributed by atoms with E-state index in [1.807, 2.05) is 0 Å². The van der Waals surface area contributed by atoms with Gasteiger partial charge >= 0.3 is 0 Å². The van der Waals surface area contributed by atoms with Crippen LogP contribution >= 0.6 is 0 Å². The van der Waals surface area contributed by atoms with Gasteiger partial charge in [-0.05, 0) is 37.1 Å². The molecule has 1 aliphatic carbocycles. The Hall–Kier alpha value is -0.0400. The van der Waals surface area contributed by atoms with Crippen LogP contribution in [0.1, 0.15) is 52.9 Å². The maximum atomic E-state index is 3.59. The lowest BCUT2D eigenvalue weighted by molar-refractivity contribution is 0.276. The van der Waals surface area contributed by atoms with E-state index in [0.29, 0.717) is 5.41 Å². The van der Waals surface area contributed by atoms with Gasteiger partial charge in [-0.2, -0.15) is 0 Å². The van der Waals surface area contributed by atoms with Crippen molar-refractivity contribution in [2.75, 3.05) is 13.1 Å². The molecule has 1 saturated carbocycles. The molecule has 1 nitrogen and oxygen atoms in total. The Morgan fingerprint density at radius 3 is 2.15 bits per heavy atom. The van der Waals surface area contributed by atoms with Crippen molar-refractivity contribution in [1.29, 1.82) is 0 Å². The van der Waals surface area contributed by atoms with Crippen molar-refractivity contribution in [3.8, 4) is 0 Å². The molecule has 1 N–H and O–H groups in total. The lowest BCUT2D eigenvalue weighted by atomic mass is 9.84. The summed E-state index contributed by atoms with van der Waals surface area (Å²) in [5.41, 5.74) is 0.707. The van der Waals surface area contributed by atoms with E-state index in [0.717, 1.165) is 5.92 Å². The van der Waals surface area contributed by atoms with Gasteiger partial charge in [-0.15, -0.1) is 0 Å². The summed E-state index contributed by atoms with van der Waals surface area (Å²) in [6.45, 7) is 9.39. The van der Waals surface area contributed by atoms with E-state index < -0.39 is 0 Å². The molecule has 0 heterocycles. The van der Waals surface area contributed by atoms with E-state index in [2.05, 4.69) is 26.1 Å². The predicted molar refractivity (Wildman–Crippen MR) is 58.9 cm³/mol. The molecule has 0 aromatic heterocycles. The van der Waals surface area contributed by atoms with Crippen molar-refractivity contribution in [2.24, 2.45) is 11.3 Å². The van der Waals surface area contributed by atoms with Gasteiger partial charge in [0, 0.05) is 6.54 Å². The molecule has 13 heavy (non-hydrogen) atoms. The summed E-state index contributed by atoms with van der Waals surface area (Å²) in [6, 6.07) is 0. The van der Waals surface area contributed by atoms with E-state index in [9.17, 15) is 0 Å². The third-order valence-corrected chi connectivity index (χ3v) is 3.65. The van der Waals surface area contributed by atoms with E-state index in [-0.39, 0.29) is 0 Å². The summed E-state index contributed by atoms with van der Waals surface area (Å²) in [5, 5.41) is 3.59. The standard InChI is InChI=1S/C12H25N/c1-4-9-13-10-12(7-8-12)11(5-2)6-3/h11,13H,4-10H2,1-3H3. The number of hydrogen-bond donors (Lipinski definition) is 1. The molecule has 0 amide bonds. The van der Waals surface area contributed by atoms with Crippen LogP contribution in [-0.4, -0.2) is 13.1 Å². The molecule has 0 radical (unpaired) electrons. The molecule has 0 saturated heterocycles. The first-order valence-corrected chi connectivity index (χ1v) is 5.99. The molecule has 0 aliphatic heterocycles. The van der Waals surface area contributed by atoms with Gasteiger partial charge in [-0.1, -0.05) is 33.6 Å². The van der Waals surface area contributed by atoms with Crippen molar-refractivity contribution in [2.45, 2.75) is 52.9 Å². The third-order valence-electron chi connectivity index (χ3n) is 3.65. The minimum absolute atomic E-state index is 0.707. The van der Waals surface area contributed by atoms with Crippen molar-refractivity contribution in [3.05, 3.63) is 0 Å². The van der Waals surface area contributed by atoms with Crippen LogP contribution in [0.25, 0.3) is 0 Å². The van der Waals surface area contributed by atoms with Crippen molar-refractivity contribution < 1.29 is 0 Å². The summed E-state index contributed by atoms with van der Waals surface area (Å²) < 4.78 is 0. The maximum Gasteiger partial charge on any atom is 0.00105 e. The Kier molecular flexibility index (Phi) is 4.24. The molecular formula is C12H25N. The zero-order valence-electron chi connectivity index (χ0n) is 9.53. The van der Waals surface area contributed by atoms with Crippen LogP contribution < -0.4 is 5.32 Å². The van der Waals surface area contributed by atoms with Crippen molar-refractivity contribution >= 4 is 0 Å². The van der Waals surface area contributed by atoms with Crippen LogP contribution in [0.15, 0.2) is 0 Å². The fourth-order valence-corrected chi connectivity index (χ4v) is 2.56. The molecule has 0 unspecified atom stereocenters. The van der Waals surface area contributed by atoms with Crippen LogP contribution in [0.2, 0.25) is 0 Å². The SMILES string of the molecule is CCCNCC1(C(CC)CC)CC1. The molecule has 0 atom stereocenters. The van der Waals surface area contributed by atoms with Crippen LogP contribution in [0.5, 0.6) is 0 Å². The smallest absolute Gasteiger partial charge is 0.00105 e. The predicted octanol–water partition coefficient (Wildman–Crippen LogP) is 3.20. The molecule has 78 valence electrons. The summed E-state index contributed by atoms with van der Waals surface area (Å²) in [5.74, 6) is 0.969. The topological polar surface area (TPSA) is 12.0 Å². The Labute approximate surface area is 83.3 Å². The van der Waals surface area contributed by atoms with Gasteiger partial charge in [0.05, 0.1) is 0 Å². The Balaban J connectivity index is 2.28. The first kappa shape index (κ1) is 11.0.